The molecule has 106 valence electrons. The van der Waals surface area contributed by atoms with E-state index in [2.05, 4.69) is 15.5 Å². The number of nitrogens with zero attached hydrogens (tertiary/aromatic N) is 4. The van der Waals surface area contributed by atoms with E-state index in [-0.39, 0.29) is 0 Å². The van der Waals surface area contributed by atoms with Gasteiger partial charge in [-0.2, -0.15) is 4.68 Å². The lowest BCUT2D eigenvalue weighted by atomic mass is 10.0. The highest BCUT2D eigenvalue weighted by atomic mass is 16.3. The molecule has 0 saturated carbocycles. The van der Waals surface area contributed by atoms with Crippen LogP contribution in [0, 0.1) is 0 Å². The van der Waals surface area contributed by atoms with E-state index in [9.17, 15) is 5.11 Å². The summed E-state index contributed by atoms with van der Waals surface area (Å²) in [6, 6.07) is 19.4. The maximum absolute atomic E-state index is 10.2. The molecule has 1 heterocycles. The van der Waals surface area contributed by atoms with Crippen molar-refractivity contribution in [3.63, 3.8) is 0 Å². The van der Waals surface area contributed by atoms with Gasteiger partial charge in [0.1, 0.15) is 0 Å². The molecule has 1 unspecified atom stereocenters. The number of aliphatic hydroxyl groups is 1. The van der Waals surface area contributed by atoms with Crippen LogP contribution >= 0.6 is 0 Å². The summed E-state index contributed by atoms with van der Waals surface area (Å²) in [6.07, 6.45) is 0.682. The molecule has 0 aliphatic carbocycles. The number of hydrogen-bond donors (Lipinski definition) is 1. The summed E-state index contributed by atoms with van der Waals surface area (Å²) in [7, 11) is 0. The molecule has 0 spiro atoms. The summed E-state index contributed by atoms with van der Waals surface area (Å²) in [5, 5.41) is 22.0. The normalized spacial score (nSPS) is 12.2. The molecule has 0 aliphatic rings. The minimum atomic E-state index is -0.507. The van der Waals surface area contributed by atoms with E-state index in [1.807, 2.05) is 60.7 Å². The molecule has 5 nitrogen and oxygen atoms in total. The smallest absolute Gasteiger partial charge is 0.156 e. The number of aliphatic hydroxyl groups excluding tert-OH is 1. The lowest BCUT2D eigenvalue weighted by Gasteiger charge is -2.10. The van der Waals surface area contributed by atoms with Crippen LogP contribution in [-0.4, -0.2) is 25.3 Å². The average Bonchev–Trinajstić information content (AvgIpc) is 3.03. The second kappa shape index (κ2) is 6.28. The van der Waals surface area contributed by atoms with Crippen LogP contribution in [0.4, 0.5) is 0 Å². The van der Waals surface area contributed by atoms with Crippen LogP contribution in [0.5, 0.6) is 0 Å². The average molecular weight is 280 g/mol. The van der Waals surface area contributed by atoms with Gasteiger partial charge in [-0.15, -0.1) is 5.10 Å². The third-order valence-corrected chi connectivity index (χ3v) is 3.36. The van der Waals surface area contributed by atoms with Gasteiger partial charge in [-0.25, -0.2) is 0 Å². The molecular formula is C16H16N4O. The van der Waals surface area contributed by atoms with Crippen molar-refractivity contribution < 1.29 is 5.11 Å². The van der Waals surface area contributed by atoms with Crippen molar-refractivity contribution in [1.29, 1.82) is 0 Å². The van der Waals surface area contributed by atoms with E-state index in [1.165, 1.54) is 0 Å². The molecule has 0 fully saturated rings. The van der Waals surface area contributed by atoms with E-state index >= 15 is 0 Å². The molecule has 3 aromatic rings. The van der Waals surface area contributed by atoms with Crippen LogP contribution in [-0.2, 0) is 6.42 Å². The summed E-state index contributed by atoms with van der Waals surface area (Å²) in [6.45, 7) is 0. The summed E-state index contributed by atoms with van der Waals surface area (Å²) in [5.41, 5.74) is 1.84. The number of aromatic nitrogens is 4. The summed E-state index contributed by atoms with van der Waals surface area (Å²) in [5.74, 6) is 0.746. The van der Waals surface area contributed by atoms with E-state index < -0.39 is 6.10 Å². The second-order valence-corrected chi connectivity index (χ2v) is 4.81. The van der Waals surface area contributed by atoms with Crippen LogP contribution in [0.1, 0.15) is 23.9 Å². The third-order valence-electron chi connectivity index (χ3n) is 3.36. The second-order valence-electron chi connectivity index (χ2n) is 4.81. The van der Waals surface area contributed by atoms with E-state index in [0.717, 1.165) is 17.1 Å². The Balaban J connectivity index is 1.71. The number of benzene rings is 2. The van der Waals surface area contributed by atoms with Gasteiger partial charge in [-0.05, 0) is 34.5 Å². The van der Waals surface area contributed by atoms with Crippen LogP contribution in [0.3, 0.4) is 0 Å². The Hall–Kier alpha value is -2.53. The van der Waals surface area contributed by atoms with Crippen molar-refractivity contribution in [3.8, 4) is 5.69 Å². The molecule has 2 aromatic carbocycles. The van der Waals surface area contributed by atoms with E-state index in [0.29, 0.717) is 12.8 Å². The van der Waals surface area contributed by atoms with Crippen molar-refractivity contribution in [2.24, 2.45) is 0 Å². The molecule has 0 radical (unpaired) electrons. The van der Waals surface area contributed by atoms with E-state index in [1.54, 1.807) is 4.68 Å². The molecule has 0 saturated heterocycles. The standard InChI is InChI=1S/C16H16N4O/c21-15(13-7-3-1-4-8-13)11-12-16-17-18-19-20(16)14-9-5-2-6-10-14/h1-10,15,21H,11-12H2. The fourth-order valence-corrected chi connectivity index (χ4v) is 2.24. The van der Waals surface area contributed by atoms with Crippen LogP contribution in [0.25, 0.3) is 5.69 Å². The molecule has 5 heteroatoms. The molecule has 0 aliphatic heterocycles. The van der Waals surface area contributed by atoms with Gasteiger partial charge in [0.2, 0.25) is 0 Å². The van der Waals surface area contributed by atoms with E-state index in [4.69, 9.17) is 0 Å². The van der Waals surface area contributed by atoms with Gasteiger partial charge in [0.25, 0.3) is 0 Å². The monoisotopic (exact) mass is 280 g/mol. The number of rotatable bonds is 5. The predicted octanol–water partition coefficient (Wildman–Crippen LogP) is 2.33. The lowest BCUT2D eigenvalue weighted by molar-refractivity contribution is 0.167. The predicted molar refractivity (Wildman–Crippen MR) is 78.9 cm³/mol. The van der Waals surface area contributed by atoms with Gasteiger partial charge in [-0.1, -0.05) is 48.5 Å². The first kappa shape index (κ1) is 13.5. The van der Waals surface area contributed by atoms with Gasteiger partial charge in [0.05, 0.1) is 11.8 Å². The molecular weight excluding hydrogens is 264 g/mol. The Kier molecular flexibility index (Phi) is 4.02. The Morgan fingerprint density at radius 2 is 1.62 bits per heavy atom. The van der Waals surface area contributed by atoms with Gasteiger partial charge in [-0.3, -0.25) is 0 Å². The lowest BCUT2D eigenvalue weighted by Crippen LogP contribution is -2.06. The highest BCUT2D eigenvalue weighted by molar-refractivity contribution is 5.30. The number of tetrazole rings is 1. The summed E-state index contributed by atoms with van der Waals surface area (Å²) < 4.78 is 1.71. The molecule has 1 aromatic heterocycles. The Morgan fingerprint density at radius 3 is 2.33 bits per heavy atom. The summed E-state index contributed by atoms with van der Waals surface area (Å²) >= 11 is 0. The fourth-order valence-electron chi connectivity index (χ4n) is 2.24. The highest BCUT2D eigenvalue weighted by Gasteiger charge is 2.12. The van der Waals surface area contributed by atoms with Crippen molar-refractivity contribution in [1.82, 2.24) is 20.2 Å². The maximum atomic E-state index is 10.2. The molecule has 1 atom stereocenters. The number of aryl methyl sites for hydroxylation is 1. The fraction of sp³-hybridized carbons (Fsp3) is 0.188. The molecule has 1 N–H and O–H groups in total. The van der Waals surface area contributed by atoms with Gasteiger partial charge in [0.15, 0.2) is 5.82 Å². The van der Waals surface area contributed by atoms with Gasteiger partial charge >= 0.3 is 0 Å². The van der Waals surface area contributed by atoms with Crippen molar-refractivity contribution in [2.75, 3.05) is 0 Å². The number of para-hydroxylation sites is 1. The van der Waals surface area contributed by atoms with Gasteiger partial charge < -0.3 is 5.11 Å². The van der Waals surface area contributed by atoms with Crippen LogP contribution in [0.15, 0.2) is 60.7 Å². The largest absolute Gasteiger partial charge is 0.388 e. The quantitative estimate of drug-likeness (QED) is 0.779. The zero-order chi connectivity index (χ0) is 14.5. The zero-order valence-corrected chi connectivity index (χ0v) is 11.5. The first-order valence-electron chi connectivity index (χ1n) is 6.90. The molecule has 3 rings (SSSR count). The zero-order valence-electron chi connectivity index (χ0n) is 11.5. The minimum Gasteiger partial charge on any atom is -0.388 e. The van der Waals surface area contributed by atoms with Gasteiger partial charge in [0, 0.05) is 6.42 Å². The maximum Gasteiger partial charge on any atom is 0.156 e. The van der Waals surface area contributed by atoms with Crippen molar-refractivity contribution >= 4 is 0 Å². The Labute approximate surface area is 122 Å². The molecule has 0 bridgehead atoms. The topological polar surface area (TPSA) is 63.8 Å². The van der Waals surface area contributed by atoms with Crippen molar-refractivity contribution in [2.45, 2.75) is 18.9 Å². The Bertz CT molecular complexity index is 682. The summed E-state index contributed by atoms with van der Waals surface area (Å²) in [4.78, 5) is 0. The first-order chi connectivity index (χ1) is 10.3. The SMILES string of the molecule is OC(CCc1nnnn1-c1ccccc1)c1ccccc1. The Morgan fingerprint density at radius 1 is 0.952 bits per heavy atom. The van der Waals surface area contributed by atoms with Crippen molar-refractivity contribution in [3.05, 3.63) is 72.1 Å². The van der Waals surface area contributed by atoms with Crippen LogP contribution in [0.2, 0.25) is 0 Å². The molecule has 0 amide bonds. The van der Waals surface area contributed by atoms with Crippen LogP contribution < -0.4 is 0 Å². The minimum absolute atomic E-state index is 0.507. The third kappa shape index (κ3) is 3.14. The molecule has 21 heavy (non-hydrogen) atoms. The highest BCUT2D eigenvalue weighted by Crippen LogP contribution is 2.18. The first-order valence-corrected chi connectivity index (χ1v) is 6.90. The number of hydrogen-bond acceptors (Lipinski definition) is 4.